The van der Waals surface area contributed by atoms with E-state index < -0.39 is 0 Å². The first-order chi connectivity index (χ1) is 11.4. The molecular weight excluding hydrogens is 385 g/mol. The predicted octanol–water partition coefficient (Wildman–Crippen LogP) is 4.65. The van der Waals surface area contributed by atoms with Gasteiger partial charge in [-0.3, -0.25) is 4.68 Å². The van der Waals surface area contributed by atoms with Crippen molar-refractivity contribution >= 4 is 5.78 Å². The zero-order valence-electron chi connectivity index (χ0n) is 15.1. The molecule has 2 aromatic carbocycles. The fourth-order valence-corrected chi connectivity index (χ4v) is 2.85. The molecule has 0 saturated heterocycles. The SMILES string of the molecule is [CH2-]c1cc(C)ccc1-c1[c-]c(C(C)=O)nn1-c1ccc(C)cc1C.[Y]. The number of Topliss-reactive ketones (excluding diaryl/α,β-unsaturated/α-hetero) is 1. The first-order valence-electron chi connectivity index (χ1n) is 7.90. The predicted molar refractivity (Wildman–Crippen MR) is 96.5 cm³/mol. The summed E-state index contributed by atoms with van der Waals surface area (Å²) in [5.41, 5.74) is 7.30. The molecule has 4 heteroatoms. The molecule has 0 aliphatic rings. The standard InChI is InChI=1S/C21H20N2O.Y/c1-13-6-8-18(15(3)10-13)21-12-19(17(5)24)22-23(21)20-9-7-14(2)11-16(20)4;/h6-11H,3H2,1-2,4-5H3;/q-2;. The summed E-state index contributed by atoms with van der Waals surface area (Å²) in [4.78, 5) is 11.8. The van der Waals surface area contributed by atoms with Gasteiger partial charge in [-0.15, -0.1) is 23.3 Å². The first-order valence-corrected chi connectivity index (χ1v) is 7.90. The van der Waals surface area contributed by atoms with E-state index in [-0.39, 0.29) is 38.5 Å². The molecule has 0 saturated carbocycles. The number of hydrogen-bond donors (Lipinski definition) is 0. The quantitative estimate of drug-likeness (QED) is 0.470. The number of ketones is 1. The molecule has 1 heterocycles. The Hall–Kier alpha value is -1.71. The Balaban J connectivity index is 0.00000225. The molecule has 0 bridgehead atoms. The number of benzene rings is 2. The molecule has 0 N–H and O–H groups in total. The van der Waals surface area contributed by atoms with Crippen molar-refractivity contribution in [2.75, 3.05) is 0 Å². The monoisotopic (exact) mass is 405 g/mol. The third-order valence-electron chi connectivity index (χ3n) is 4.08. The van der Waals surface area contributed by atoms with Crippen LogP contribution in [0.2, 0.25) is 0 Å². The van der Waals surface area contributed by atoms with Crippen LogP contribution in [-0.2, 0) is 32.7 Å². The van der Waals surface area contributed by atoms with Gasteiger partial charge in [0.2, 0.25) is 0 Å². The number of carbonyl (C=O) groups excluding carboxylic acids is 1. The van der Waals surface area contributed by atoms with Gasteiger partial charge in [-0.2, -0.15) is 23.7 Å². The topological polar surface area (TPSA) is 34.9 Å². The van der Waals surface area contributed by atoms with E-state index in [1.807, 2.05) is 44.2 Å². The number of hydrogen-bond acceptors (Lipinski definition) is 2. The summed E-state index contributed by atoms with van der Waals surface area (Å²) in [7, 11) is 0. The molecular formula is C21H20N2OY-2. The Bertz CT molecular complexity index is 872. The summed E-state index contributed by atoms with van der Waals surface area (Å²) < 4.78 is 1.80. The average Bonchev–Trinajstić information content (AvgIpc) is 2.92. The van der Waals surface area contributed by atoms with Crippen LogP contribution in [0.25, 0.3) is 16.9 Å². The van der Waals surface area contributed by atoms with Gasteiger partial charge in [0.1, 0.15) is 0 Å². The van der Waals surface area contributed by atoms with Crippen LogP contribution in [0.3, 0.4) is 0 Å². The van der Waals surface area contributed by atoms with Crippen LogP contribution in [0.4, 0.5) is 0 Å². The van der Waals surface area contributed by atoms with E-state index in [0.29, 0.717) is 5.69 Å². The molecule has 0 aliphatic heterocycles. The molecule has 3 rings (SSSR count). The van der Waals surface area contributed by atoms with E-state index in [4.69, 9.17) is 0 Å². The molecule has 0 unspecified atom stereocenters. The molecule has 3 aromatic rings. The zero-order chi connectivity index (χ0) is 17.4. The van der Waals surface area contributed by atoms with Crippen LogP contribution < -0.4 is 0 Å². The zero-order valence-corrected chi connectivity index (χ0v) is 17.9. The van der Waals surface area contributed by atoms with Crippen LogP contribution in [0.15, 0.2) is 36.4 Å². The van der Waals surface area contributed by atoms with Crippen molar-refractivity contribution < 1.29 is 37.5 Å². The van der Waals surface area contributed by atoms with Crippen LogP contribution in [0.5, 0.6) is 0 Å². The van der Waals surface area contributed by atoms with Crippen LogP contribution in [0.1, 0.15) is 39.7 Å². The third kappa shape index (κ3) is 3.94. The van der Waals surface area contributed by atoms with Crippen molar-refractivity contribution in [1.29, 1.82) is 0 Å². The number of carbonyl (C=O) groups is 1. The van der Waals surface area contributed by atoms with E-state index in [1.54, 1.807) is 4.68 Å². The molecule has 0 atom stereocenters. The Kier molecular flexibility index (Phi) is 6.02. The first kappa shape index (κ1) is 19.6. The fourth-order valence-electron chi connectivity index (χ4n) is 2.85. The summed E-state index contributed by atoms with van der Waals surface area (Å²) in [6.45, 7) is 11.8. The Morgan fingerprint density at radius 3 is 2.32 bits per heavy atom. The van der Waals surface area contributed by atoms with E-state index in [2.05, 4.69) is 31.1 Å². The molecule has 125 valence electrons. The molecule has 0 amide bonds. The second-order valence-electron chi connectivity index (χ2n) is 6.24. The van der Waals surface area contributed by atoms with Crippen LogP contribution in [0, 0.1) is 33.8 Å². The Morgan fingerprint density at radius 2 is 1.72 bits per heavy atom. The minimum absolute atomic E-state index is 0. The normalized spacial score (nSPS) is 10.4. The fraction of sp³-hybridized carbons (Fsp3) is 0.190. The van der Waals surface area contributed by atoms with Gasteiger partial charge >= 0.3 is 0 Å². The molecule has 0 fully saturated rings. The Morgan fingerprint density at radius 1 is 1.08 bits per heavy atom. The van der Waals surface area contributed by atoms with Gasteiger partial charge < -0.3 is 4.79 Å². The number of aryl methyl sites for hydroxylation is 3. The van der Waals surface area contributed by atoms with E-state index in [0.717, 1.165) is 33.6 Å². The largest absolute Gasteiger partial charge is 0.368 e. The van der Waals surface area contributed by atoms with Crippen LogP contribution in [-0.4, -0.2) is 15.6 Å². The second kappa shape index (κ2) is 7.67. The summed E-state index contributed by atoms with van der Waals surface area (Å²) in [5.74, 6) is -0.0995. The second-order valence-corrected chi connectivity index (χ2v) is 6.24. The van der Waals surface area contributed by atoms with Gasteiger partial charge in [0.05, 0.1) is 11.5 Å². The van der Waals surface area contributed by atoms with Crippen molar-refractivity contribution in [3.8, 4) is 16.9 Å². The maximum Gasteiger partial charge on any atom is 0.0781 e. The van der Waals surface area contributed by atoms with E-state index in [9.17, 15) is 4.79 Å². The summed E-state index contributed by atoms with van der Waals surface area (Å²) >= 11 is 0. The summed E-state index contributed by atoms with van der Waals surface area (Å²) in [6.07, 6.45) is 0. The van der Waals surface area contributed by atoms with Crippen molar-refractivity contribution in [3.05, 3.63) is 77.3 Å². The van der Waals surface area contributed by atoms with E-state index >= 15 is 0 Å². The van der Waals surface area contributed by atoms with Gasteiger partial charge in [-0.05, 0) is 38.1 Å². The van der Waals surface area contributed by atoms with Crippen molar-refractivity contribution in [1.82, 2.24) is 9.78 Å². The van der Waals surface area contributed by atoms with Crippen molar-refractivity contribution in [2.24, 2.45) is 0 Å². The molecule has 1 radical (unpaired) electrons. The summed E-state index contributed by atoms with van der Waals surface area (Å²) in [5, 5.41) is 4.49. The maximum atomic E-state index is 11.8. The number of aromatic nitrogens is 2. The molecule has 0 aliphatic carbocycles. The third-order valence-corrected chi connectivity index (χ3v) is 4.08. The Labute approximate surface area is 174 Å². The van der Waals surface area contributed by atoms with Crippen molar-refractivity contribution in [3.63, 3.8) is 0 Å². The van der Waals surface area contributed by atoms with Gasteiger partial charge in [0.15, 0.2) is 0 Å². The minimum Gasteiger partial charge on any atom is -0.368 e. The molecule has 25 heavy (non-hydrogen) atoms. The molecule has 0 spiro atoms. The van der Waals surface area contributed by atoms with Crippen LogP contribution >= 0.6 is 0 Å². The smallest absolute Gasteiger partial charge is 0.0781 e. The van der Waals surface area contributed by atoms with Gasteiger partial charge in [0, 0.05) is 38.4 Å². The van der Waals surface area contributed by atoms with Gasteiger partial charge in [0.25, 0.3) is 0 Å². The number of nitrogens with zero attached hydrogens (tertiary/aromatic N) is 2. The maximum absolute atomic E-state index is 11.8. The minimum atomic E-state index is -0.0995. The van der Waals surface area contributed by atoms with E-state index in [1.165, 1.54) is 12.5 Å². The molecule has 3 nitrogen and oxygen atoms in total. The number of rotatable bonds is 3. The molecule has 1 aromatic heterocycles. The summed E-state index contributed by atoms with van der Waals surface area (Å²) in [6, 6.07) is 15.4. The van der Waals surface area contributed by atoms with Crippen molar-refractivity contribution in [2.45, 2.75) is 27.7 Å². The average molecular weight is 405 g/mol. The van der Waals surface area contributed by atoms with Gasteiger partial charge in [-0.25, -0.2) is 0 Å². The van der Waals surface area contributed by atoms with Gasteiger partial charge in [-0.1, -0.05) is 30.7 Å².